The molecule has 0 N–H and O–H groups in total. The second-order valence-corrected chi connectivity index (χ2v) is 10.4. The second kappa shape index (κ2) is 4.34. The molecule has 2 atom stereocenters. The van der Waals surface area contributed by atoms with E-state index in [1.165, 1.54) is 0 Å². The van der Waals surface area contributed by atoms with E-state index in [9.17, 15) is 9.65 Å². The monoisotopic (exact) mass is 283 g/mol. The lowest BCUT2D eigenvalue weighted by Crippen LogP contribution is -2.43. The zero-order valence-corrected chi connectivity index (χ0v) is 12.4. The second-order valence-electron chi connectivity index (χ2n) is 5.54. The third-order valence-corrected chi connectivity index (χ3v) is 4.11. The van der Waals surface area contributed by atoms with Gasteiger partial charge < -0.3 is 4.43 Å². The average Bonchev–Trinajstić information content (AvgIpc) is 2.49. The first-order valence-electron chi connectivity index (χ1n) is 5.83. The Morgan fingerprint density at radius 1 is 1.50 bits per heavy atom. The average molecular weight is 284 g/mol. The Hall–Kier alpha value is -0.893. The summed E-state index contributed by atoms with van der Waals surface area (Å²) >= 11 is 5.90. The number of hydrogen-bond donors (Lipinski definition) is 0. The van der Waals surface area contributed by atoms with Gasteiger partial charge in [-0.25, -0.2) is 4.39 Å². The van der Waals surface area contributed by atoms with E-state index in [1.807, 2.05) is 19.6 Å². The van der Waals surface area contributed by atoms with Crippen molar-refractivity contribution in [3.8, 4) is 6.07 Å². The predicted octanol–water partition coefficient (Wildman–Crippen LogP) is 3.80. The van der Waals surface area contributed by atoms with Crippen molar-refractivity contribution in [3.63, 3.8) is 0 Å². The van der Waals surface area contributed by atoms with Gasteiger partial charge in [-0.15, -0.1) is 0 Å². The van der Waals surface area contributed by atoms with Gasteiger partial charge in [0, 0.05) is 17.0 Å². The minimum absolute atomic E-state index is 0.188. The summed E-state index contributed by atoms with van der Waals surface area (Å²) in [6.07, 6.45) is -1.14. The summed E-state index contributed by atoms with van der Waals surface area (Å²) in [5.74, 6) is 0. The number of hydrogen-bond acceptors (Lipinski definition) is 2. The van der Waals surface area contributed by atoms with Crippen LogP contribution in [0.4, 0.5) is 4.39 Å². The van der Waals surface area contributed by atoms with Crippen molar-refractivity contribution in [2.75, 3.05) is 0 Å². The molecule has 0 aliphatic heterocycles. The highest BCUT2D eigenvalue weighted by molar-refractivity contribution is 6.69. The maximum absolute atomic E-state index is 14.3. The maximum atomic E-state index is 14.3. The summed E-state index contributed by atoms with van der Waals surface area (Å²) in [4.78, 5) is 0. The highest BCUT2D eigenvalue weighted by Gasteiger charge is 2.51. The molecule has 1 aromatic rings. The van der Waals surface area contributed by atoms with E-state index < -0.39 is 20.1 Å². The van der Waals surface area contributed by atoms with Crippen molar-refractivity contribution in [3.05, 3.63) is 34.3 Å². The van der Waals surface area contributed by atoms with Crippen LogP contribution in [0.15, 0.2) is 18.2 Å². The summed E-state index contributed by atoms with van der Waals surface area (Å²) in [6.45, 7) is 5.85. The lowest BCUT2D eigenvalue weighted by Gasteiger charge is -2.32. The van der Waals surface area contributed by atoms with Crippen molar-refractivity contribution in [1.82, 2.24) is 0 Å². The molecule has 0 unspecified atom stereocenters. The van der Waals surface area contributed by atoms with E-state index >= 15 is 0 Å². The predicted molar refractivity (Wildman–Crippen MR) is 71.8 cm³/mol. The molecule has 0 saturated heterocycles. The topological polar surface area (TPSA) is 33.0 Å². The van der Waals surface area contributed by atoms with Gasteiger partial charge in [0.25, 0.3) is 0 Å². The molecule has 0 radical (unpaired) electrons. The van der Waals surface area contributed by atoms with E-state index in [1.54, 1.807) is 18.2 Å². The maximum Gasteiger partial charge on any atom is 0.202 e. The van der Waals surface area contributed by atoms with Crippen LogP contribution >= 0.6 is 11.6 Å². The summed E-state index contributed by atoms with van der Waals surface area (Å²) in [6, 6.07) is 7.16. The number of nitriles is 1. The van der Waals surface area contributed by atoms with Gasteiger partial charge >= 0.3 is 0 Å². The molecule has 0 amide bonds. The molecule has 2 rings (SSSR count). The molecule has 0 saturated carbocycles. The Labute approximate surface area is 112 Å². The van der Waals surface area contributed by atoms with Crippen LogP contribution in [0.5, 0.6) is 0 Å². The zero-order valence-electron chi connectivity index (χ0n) is 10.6. The van der Waals surface area contributed by atoms with Crippen LogP contribution in [0.1, 0.15) is 11.1 Å². The number of nitrogens with zero attached hydrogens (tertiary/aromatic N) is 1. The third-order valence-electron chi connectivity index (χ3n) is 2.94. The van der Waals surface area contributed by atoms with Crippen molar-refractivity contribution >= 4 is 19.9 Å². The van der Waals surface area contributed by atoms with E-state index in [-0.39, 0.29) is 6.42 Å². The van der Waals surface area contributed by atoms with Crippen molar-refractivity contribution in [2.45, 2.75) is 37.8 Å². The highest BCUT2D eigenvalue weighted by atomic mass is 35.5. The molecule has 0 heterocycles. The van der Waals surface area contributed by atoms with E-state index in [0.717, 1.165) is 5.56 Å². The molecule has 0 spiro atoms. The largest absolute Gasteiger partial charge is 0.394 e. The van der Waals surface area contributed by atoms with Gasteiger partial charge in [-0.1, -0.05) is 17.7 Å². The Morgan fingerprint density at radius 2 is 2.17 bits per heavy atom. The van der Waals surface area contributed by atoms with Gasteiger partial charge in [0.05, 0.1) is 0 Å². The number of fused-ring (bicyclic) bond motifs is 1. The van der Waals surface area contributed by atoms with Crippen molar-refractivity contribution < 1.29 is 8.82 Å². The first kappa shape index (κ1) is 13.5. The van der Waals surface area contributed by atoms with E-state index in [4.69, 9.17) is 16.0 Å². The van der Waals surface area contributed by atoms with Crippen LogP contribution in [-0.2, 0) is 16.4 Å². The van der Waals surface area contributed by atoms with Gasteiger partial charge in [0.15, 0.2) is 8.32 Å². The fourth-order valence-electron chi connectivity index (χ4n) is 2.35. The molecular weight excluding hydrogens is 269 g/mol. The first-order chi connectivity index (χ1) is 8.28. The summed E-state index contributed by atoms with van der Waals surface area (Å²) < 4.78 is 20.2. The summed E-state index contributed by atoms with van der Waals surface area (Å²) in [5.41, 5.74) is -0.0520. The van der Waals surface area contributed by atoms with Crippen molar-refractivity contribution in [1.29, 1.82) is 5.26 Å². The van der Waals surface area contributed by atoms with Gasteiger partial charge in [0.2, 0.25) is 5.60 Å². The summed E-state index contributed by atoms with van der Waals surface area (Å²) in [7, 11) is -2.03. The Morgan fingerprint density at radius 3 is 2.72 bits per heavy atom. The molecule has 1 aromatic carbocycles. The molecule has 1 aliphatic carbocycles. The lowest BCUT2D eigenvalue weighted by molar-refractivity contribution is 0.0413. The van der Waals surface area contributed by atoms with Gasteiger partial charge in [-0.2, -0.15) is 5.26 Å². The smallest absolute Gasteiger partial charge is 0.202 e. The molecule has 0 fully saturated rings. The molecular formula is C13H15ClFNOSi. The van der Waals surface area contributed by atoms with E-state index in [2.05, 4.69) is 6.07 Å². The quantitative estimate of drug-likeness (QED) is 0.774. The Bertz CT molecular complexity index is 523. The minimum atomic E-state index is -2.03. The normalized spacial score (nSPS) is 26.8. The minimum Gasteiger partial charge on any atom is -0.394 e. The van der Waals surface area contributed by atoms with Crippen LogP contribution in [0.2, 0.25) is 24.7 Å². The fourth-order valence-corrected chi connectivity index (χ4v) is 3.80. The lowest BCUT2D eigenvalue weighted by atomic mass is 9.97. The SMILES string of the molecule is C[Si](C)(C)O[C@]1(C#N)c2ccc(Cl)cc2C[C@@H]1F. The molecule has 2 nitrogen and oxygen atoms in total. The molecule has 1 aliphatic rings. The Kier molecular flexibility index (Phi) is 3.26. The molecule has 5 heteroatoms. The third kappa shape index (κ3) is 2.18. The molecule has 96 valence electrons. The van der Waals surface area contributed by atoms with Gasteiger partial charge in [-0.05, 0) is 37.3 Å². The van der Waals surface area contributed by atoms with Crippen LogP contribution in [0, 0.1) is 11.3 Å². The van der Waals surface area contributed by atoms with E-state index in [0.29, 0.717) is 10.6 Å². The number of rotatable bonds is 2. The number of benzene rings is 1. The fraction of sp³-hybridized carbons (Fsp3) is 0.462. The molecule has 18 heavy (non-hydrogen) atoms. The number of halogens is 2. The standard InChI is InChI=1S/C13H15ClFNOSi/c1-18(2,3)17-13(8-16)11-5-4-10(14)6-9(11)7-12(13)15/h4-6,12H,7H2,1-3H3/t12-,13+/m0/s1. The van der Waals surface area contributed by atoms with Crippen molar-refractivity contribution in [2.24, 2.45) is 0 Å². The van der Waals surface area contributed by atoms with Crippen LogP contribution in [-0.4, -0.2) is 14.5 Å². The molecule has 0 bridgehead atoms. The summed E-state index contributed by atoms with van der Waals surface area (Å²) in [5, 5.41) is 10.00. The van der Waals surface area contributed by atoms with Crippen LogP contribution < -0.4 is 0 Å². The first-order valence-corrected chi connectivity index (χ1v) is 9.61. The van der Waals surface area contributed by atoms with Gasteiger partial charge in [-0.3, -0.25) is 0 Å². The molecule has 0 aromatic heterocycles. The van der Waals surface area contributed by atoms with Crippen LogP contribution in [0.3, 0.4) is 0 Å². The highest BCUT2D eigenvalue weighted by Crippen LogP contribution is 2.44. The van der Waals surface area contributed by atoms with Gasteiger partial charge in [0.1, 0.15) is 12.2 Å². The zero-order chi connectivity index (χ0) is 13.6. The Balaban J connectivity index is 2.54. The van der Waals surface area contributed by atoms with Crippen LogP contribution in [0.25, 0.3) is 0 Å². The number of alkyl halides is 1.